The standard InChI is InChI=1S/C10H13N3/c1-7(2)9-4-3-8-5-6-13(11)10(8)12-9/h3-7H,11H2,1-2H3. The zero-order valence-electron chi connectivity index (χ0n) is 7.86. The van der Waals surface area contributed by atoms with Gasteiger partial charge in [0, 0.05) is 17.3 Å². The van der Waals surface area contributed by atoms with Gasteiger partial charge in [-0.25, -0.2) is 4.98 Å². The van der Waals surface area contributed by atoms with Gasteiger partial charge in [-0.3, -0.25) is 4.68 Å². The van der Waals surface area contributed by atoms with E-state index in [-0.39, 0.29) is 0 Å². The molecule has 0 bridgehead atoms. The quantitative estimate of drug-likeness (QED) is 0.672. The van der Waals surface area contributed by atoms with Crippen LogP contribution in [0.25, 0.3) is 11.0 Å². The van der Waals surface area contributed by atoms with Gasteiger partial charge in [0.2, 0.25) is 0 Å². The van der Waals surface area contributed by atoms with Crippen LogP contribution < -0.4 is 5.84 Å². The van der Waals surface area contributed by atoms with Gasteiger partial charge in [-0.2, -0.15) is 0 Å². The predicted molar refractivity (Wildman–Crippen MR) is 54.0 cm³/mol. The molecule has 2 aromatic rings. The lowest BCUT2D eigenvalue weighted by Crippen LogP contribution is -2.07. The fourth-order valence-corrected chi connectivity index (χ4v) is 1.36. The number of rotatable bonds is 1. The van der Waals surface area contributed by atoms with Crippen LogP contribution in [0.2, 0.25) is 0 Å². The molecular formula is C10H13N3. The molecule has 68 valence electrons. The molecule has 2 heterocycles. The molecule has 0 amide bonds. The largest absolute Gasteiger partial charge is 0.338 e. The van der Waals surface area contributed by atoms with Crippen molar-refractivity contribution in [2.75, 3.05) is 5.84 Å². The highest BCUT2D eigenvalue weighted by Crippen LogP contribution is 2.16. The SMILES string of the molecule is CC(C)c1ccc2ccn(N)c2n1. The third-order valence-electron chi connectivity index (χ3n) is 2.18. The van der Waals surface area contributed by atoms with Crippen molar-refractivity contribution in [1.82, 2.24) is 9.66 Å². The predicted octanol–water partition coefficient (Wildman–Crippen LogP) is 1.87. The van der Waals surface area contributed by atoms with Crippen molar-refractivity contribution in [2.45, 2.75) is 19.8 Å². The maximum Gasteiger partial charge on any atom is 0.158 e. The van der Waals surface area contributed by atoms with Crippen LogP contribution in [0.3, 0.4) is 0 Å². The summed E-state index contributed by atoms with van der Waals surface area (Å²) < 4.78 is 1.56. The van der Waals surface area contributed by atoms with Crippen molar-refractivity contribution < 1.29 is 0 Å². The minimum atomic E-state index is 0.444. The molecule has 3 nitrogen and oxygen atoms in total. The zero-order valence-corrected chi connectivity index (χ0v) is 7.86. The number of hydrogen-bond acceptors (Lipinski definition) is 2. The van der Waals surface area contributed by atoms with E-state index in [1.165, 1.54) is 0 Å². The van der Waals surface area contributed by atoms with E-state index in [0.29, 0.717) is 5.92 Å². The van der Waals surface area contributed by atoms with E-state index in [1.807, 2.05) is 18.3 Å². The maximum atomic E-state index is 5.70. The van der Waals surface area contributed by atoms with Crippen LogP contribution in [0.4, 0.5) is 0 Å². The molecule has 0 aromatic carbocycles. The fraction of sp³-hybridized carbons (Fsp3) is 0.300. The molecule has 0 atom stereocenters. The Balaban J connectivity index is 2.66. The van der Waals surface area contributed by atoms with Crippen LogP contribution in [0.1, 0.15) is 25.5 Å². The Morgan fingerprint density at radius 3 is 2.77 bits per heavy atom. The summed E-state index contributed by atoms with van der Waals surface area (Å²) in [6.45, 7) is 4.25. The summed E-state index contributed by atoms with van der Waals surface area (Å²) in [6.07, 6.45) is 1.82. The molecule has 0 saturated heterocycles. The zero-order chi connectivity index (χ0) is 9.42. The van der Waals surface area contributed by atoms with E-state index in [4.69, 9.17) is 5.84 Å². The number of nitrogen functional groups attached to an aromatic ring is 1. The van der Waals surface area contributed by atoms with Gasteiger partial charge >= 0.3 is 0 Å². The van der Waals surface area contributed by atoms with Crippen LogP contribution >= 0.6 is 0 Å². The molecular weight excluding hydrogens is 162 g/mol. The van der Waals surface area contributed by atoms with E-state index < -0.39 is 0 Å². The Hall–Kier alpha value is -1.51. The lowest BCUT2D eigenvalue weighted by molar-refractivity contribution is 0.824. The van der Waals surface area contributed by atoms with Crippen LogP contribution in [-0.4, -0.2) is 9.66 Å². The molecule has 0 unspecified atom stereocenters. The van der Waals surface area contributed by atoms with Crippen LogP contribution in [0, 0.1) is 0 Å². The highest BCUT2D eigenvalue weighted by Gasteiger charge is 2.04. The van der Waals surface area contributed by atoms with E-state index in [1.54, 1.807) is 4.68 Å². The van der Waals surface area contributed by atoms with E-state index >= 15 is 0 Å². The van der Waals surface area contributed by atoms with Gasteiger partial charge in [0.1, 0.15) is 0 Å². The van der Waals surface area contributed by atoms with E-state index in [0.717, 1.165) is 16.7 Å². The topological polar surface area (TPSA) is 43.8 Å². The molecule has 0 spiro atoms. The molecule has 2 rings (SSSR count). The van der Waals surface area contributed by atoms with Crippen molar-refractivity contribution in [3.63, 3.8) is 0 Å². The first-order valence-electron chi connectivity index (χ1n) is 4.41. The molecule has 0 aliphatic carbocycles. The van der Waals surface area contributed by atoms with Crippen molar-refractivity contribution >= 4 is 11.0 Å². The first kappa shape index (κ1) is 8.10. The lowest BCUT2D eigenvalue weighted by Gasteiger charge is -2.04. The number of nitrogens with zero attached hydrogens (tertiary/aromatic N) is 2. The molecule has 13 heavy (non-hydrogen) atoms. The van der Waals surface area contributed by atoms with Crippen LogP contribution in [0.15, 0.2) is 24.4 Å². The first-order valence-corrected chi connectivity index (χ1v) is 4.41. The summed E-state index contributed by atoms with van der Waals surface area (Å²) in [4.78, 5) is 4.47. The van der Waals surface area contributed by atoms with Gasteiger partial charge in [0.05, 0.1) is 0 Å². The van der Waals surface area contributed by atoms with Gasteiger partial charge in [0.25, 0.3) is 0 Å². The monoisotopic (exact) mass is 175 g/mol. The Morgan fingerprint density at radius 1 is 1.31 bits per heavy atom. The van der Waals surface area contributed by atoms with Gasteiger partial charge in [-0.15, -0.1) is 0 Å². The Kier molecular flexibility index (Phi) is 1.72. The summed E-state index contributed by atoms with van der Waals surface area (Å²) in [5, 5.41) is 1.09. The molecule has 0 aliphatic rings. The molecule has 2 aromatic heterocycles. The summed E-state index contributed by atoms with van der Waals surface area (Å²) in [5.41, 5.74) is 1.93. The van der Waals surface area contributed by atoms with E-state index in [9.17, 15) is 0 Å². The lowest BCUT2D eigenvalue weighted by atomic mass is 10.1. The van der Waals surface area contributed by atoms with Gasteiger partial charge < -0.3 is 5.84 Å². The van der Waals surface area contributed by atoms with Gasteiger partial charge in [-0.05, 0) is 24.1 Å². The van der Waals surface area contributed by atoms with Crippen LogP contribution in [-0.2, 0) is 0 Å². The number of hydrogen-bond donors (Lipinski definition) is 1. The number of pyridine rings is 1. The van der Waals surface area contributed by atoms with Gasteiger partial charge in [0.15, 0.2) is 5.65 Å². The smallest absolute Gasteiger partial charge is 0.158 e. The second kappa shape index (κ2) is 2.76. The average Bonchev–Trinajstić information content (AvgIpc) is 2.47. The second-order valence-electron chi connectivity index (χ2n) is 3.53. The minimum absolute atomic E-state index is 0.444. The number of aromatic nitrogens is 2. The third kappa shape index (κ3) is 1.26. The number of nitrogens with two attached hydrogens (primary N) is 1. The summed E-state index contributed by atoms with van der Waals surface area (Å²) in [5.74, 6) is 6.14. The Bertz CT molecular complexity index is 429. The van der Waals surface area contributed by atoms with Crippen molar-refractivity contribution in [3.05, 3.63) is 30.1 Å². The number of fused-ring (bicyclic) bond motifs is 1. The molecule has 0 radical (unpaired) electrons. The van der Waals surface area contributed by atoms with Crippen molar-refractivity contribution in [1.29, 1.82) is 0 Å². The molecule has 2 N–H and O–H groups in total. The third-order valence-corrected chi connectivity index (χ3v) is 2.18. The Morgan fingerprint density at radius 2 is 2.08 bits per heavy atom. The second-order valence-corrected chi connectivity index (χ2v) is 3.53. The maximum absolute atomic E-state index is 5.70. The van der Waals surface area contributed by atoms with Crippen molar-refractivity contribution in [3.8, 4) is 0 Å². The molecule has 3 heteroatoms. The normalized spacial score (nSPS) is 11.3. The summed E-state index contributed by atoms with van der Waals surface area (Å²) in [7, 11) is 0. The average molecular weight is 175 g/mol. The molecule has 0 fully saturated rings. The van der Waals surface area contributed by atoms with Crippen molar-refractivity contribution in [2.24, 2.45) is 0 Å². The summed E-state index contributed by atoms with van der Waals surface area (Å²) in [6, 6.07) is 6.07. The molecule has 0 aliphatic heterocycles. The Labute approximate surface area is 77.2 Å². The van der Waals surface area contributed by atoms with E-state index in [2.05, 4.69) is 24.9 Å². The summed E-state index contributed by atoms with van der Waals surface area (Å²) >= 11 is 0. The molecule has 0 saturated carbocycles. The highest BCUT2D eigenvalue weighted by atomic mass is 15.3. The van der Waals surface area contributed by atoms with Crippen LogP contribution in [0.5, 0.6) is 0 Å². The van der Waals surface area contributed by atoms with Gasteiger partial charge in [-0.1, -0.05) is 13.8 Å². The minimum Gasteiger partial charge on any atom is -0.338 e. The first-order chi connectivity index (χ1) is 6.18. The fourth-order valence-electron chi connectivity index (χ4n) is 1.36. The highest BCUT2D eigenvalue weighted by molar-refractivity contribution is 5.76.